The van der Waals surface area contributed by atoms with Gasteiger partial charge in [0, 0.05) is 17.7 Å². The van der Waals surface area contributed by atoms with Crippen molar-refractivity contribution in [1.82, 2.24) is 15.0 Å². The largest absolute Gasteiger partial charge is 0.310 e. The number of hydrogen-bond donors (Lipinski definition) is 2. The molecule has 3 heterocycles. The van der Waals surface area contributed by atoms with Gasteiger partial charge in [-0.05, 0) is 38.0 Å². The van der Waals surface area contributed by atoms with Crippen molar-refractivity contribution in [2.24, 2.45) is 0 Å². The second kappa shape index (κ2) is 7.13. The molecule has 0 radical (unpaired) electrons. The number of aromatic amines is 1. The van der Waals surface area contributed by atoms with Crippen molar-refractivity contribution in [2.75, 3.05) is 11.6 Å². The lowest BCUT2D eigenvalue weighted by Crippen LogP contribution is -2.16. The summed E-state index contributed by atoms with van der Waals surface area (Å²) in [6.45, 7) is 1.93. The first-order valence-electron chi connectivity index (χ1n) is 8.40. The van der Waals surface area contributed by atoms with Crippen LogP contribution < -0.4 is 10.9 Å². The molecule has 0 aliphatic heterocycles. The van der Waals surface area contributed by atoms with Crippen molar-refractivity contribution in [2.45, 2.75) is 43.2 Å². The second-order valence-electron chi connectivity index (χ2n) is 6.19. The predicted molar refractivity (Wildman–Crippen MR) is 108 cm³/mol. The van der Waals surface area contributed by atoms with Gasteiger partial charge in [-0.2, -0.15) is 0 Å². The summed E-state index contributed by atoms with van der Waals surface area (Å²) in [7, 11) is 0. The minimum Gasteiger partial charge on any atom is -0.310 e. The molecule has 9 heteroatoms. The molecule has 0 spiro atoms. The van der Waals surface area contributed by atoms with Gasteiger partial charge in [0.05, 0.1) is 15.3 Å². The third-order valence-electron chi connectivity index (χ3n) is 4.40. The fraction of sp³-hybridized carbons (Fsp3) is 0.412. The highest BCUT2D eigenvalue weighted by Gasteiger charge is 2.21. The molecule has 1 aliphatic rings. The van der Waals surface area contributed by atoms with Crippen molar-refractivity contribution < 1.29 is 4.79 Å². The summed E-state index contributed by atoms with van der Waals surface area (Å²) in [5.74, 6) is 0.445. The van der Waals surface area contributed by atoms with Crippen LogP contribution in [0.4, 0.5) is 5.13 Å². The van der Waals surface area contributed by atoms with Crippen LogP contribution in [0.15, 0.2) is 9.00 Å². The van der Waals surface area contributed by atoms with Crippen LogP contribution in [0.5, 0.6) is 0 Å². The first-order valence-corrected chi connectivity index (χ1v) is 11.3. The molecule has 136 valence electrons. The van der Waals surface area contributed by atoms with Crippen molar-refractivity contribution in [3.05, 3.63) is 32.3 Å². The highest BCUT2D eigenvalue weighted by Crippen LogP contribution is 2.34. The van der Waals surface area contributed by atoms with E-state index in [-0.39, 0.29) is 17.9 Å². The number of thioether (sulfide) groups is 1. The van der Waals surface area contributed by atoms with E-state index in [0.717, 1.165) is 39.4 Å². The van der Waals surface area contributed by atoms with Gasteiger partial charge in [0.15, 0.2) is 5.13 Å². The van der Waals surface area contributed by atoms with Gasteiger partial charge in [0.25, 0.3) is 5.56 Å². The third-order valence-corrected chi connectivity index (χ3v) is 7.87. The lowest BCUT2D eigenvalue weighted by Gasteiger charge is -2.02. The minimum atomic E-state index is -0.122. The molecule has 4 rings (SSSR count). The first kappa shape index (κ1) is 17.7. The number of thiazole rings is 1. The van der Waals surface area contributed by atoms with Crippen molar-refractivity contribution in [1.29, 1.82) is 0 Å². The monoisotopic (exact) mass is 406 g/mol. The van der Waals surface area contributed by atoms with Gasteiger partial charge < -0.3 is 10.3 Å². The highest BCUT2D eigenvalue weighted by atomic mass is 32.2. The van der Waals surface area contributed by atoms with Crippen LogP contribution in [0, 0.1) is 6.92 Å². The van der Waals surface area contributed by atoms with Crippen LogP contribution in [-0.4, -0.2) is 27.1 Å². The van der Waals surface area contributed by atoms with Crippen LogP contribution in [0.2, 0.25) is 0 Å². The van der Waals surface area contributed by atoms with E-state index in [4.69, 9.17) is 0 Å². The number of fused-ring (bicyclic) bond motifs is 3. The average Bonchev–Trinajstić information content (AvgIpc) is 3.26. The average molecular weight is 407 g/mol. The predicted octanol–water partition coefficient (Wildman–Crippen LogP) is 3.53. The summed E-state index contributed by atoms with van der Waals surface area (Å²) in [6.07, 6.45) is 5.77. The SMILES string of the molecule is CSc1sc(NC(=O)CCc2nc3sc4c(c3c(=O)[nH]2)CCC4)nc1C. The first-order chi connectivity index (χ1) is 12.5. The van der Waals surface area contributed by atoms with E-state index in [1.165, 1.54) is 21.8 Å². The van der Waals surface area contributed by atoms with Gasteiger partial charge in [-0.15, -0.1) is 23.1 Å². The summed E-state index contributed by atoms with van der Waals surface area (Å²) >= 11 is 4.71. The van der Waals surface area contributed by atoms with Gasteiger partial charge in [-0.1, -0.05) is 11.3 Å². The lowest BCUT2D eigenvalue weighted by atomic mass is 10.2. The zero-order chi connectivity index (χ0) is 18.3. The molecule has 0 atom stereocenters. The normalized spacial score (nSPS) is 13.3. The van der Waals surface area contributed by atoms with E-state index < -0.39 is 0 Å². The number of nitrogens with zero attached hydrogens (tertiary/aromatic N) is 2. The summed E-state index contributed by atoms with van der Waals surface area (Å²) in [6, 6.07) is 0. The summed E-state index contributed by atoms with van der Waals surface area (Å²) in [5, 5.41) is 4.19. The highest BCUT2D eigenvalue weighted by molar-refractivity contribution is 8.00. The fourth-order valence-electron chi connectivity index (χ4n) is 3.20. The van der Waals surface area contributed by atoms with Crippen LogP contribution in [0.1, 0.15) is 34.8 Å². The number of hydrogen-bond acceptors (Lipinski definition) is 7. The standard InChI is InChI=1S/C17H18N4O2S3/c1-8-16(24-2)26-17(18-8)21-12(22)7-6-11-19-14(23)13-9-4-3-5-10(9)25-15(13)20-11/h3-7H2,1-2H3,(H,18,21,22)(H,19,20,23). The van der Waals surface area contributed by atoms with E-state index in [2.05, 4.69) is 20.3 Å². The number of nitrogens with one attached hydrogen (secondary N) is 2. The Morgan fingerprint density at radius 3 is 2.92 bits per heavy atom. The second-order valence-corrected chi connectivity index (χ2v) is 9.35. The number of H-pyrrole nitrogens is 1. The van der Waals surface area contributed by atoms with E-state index >= 15 is 0 Å². The number of aromatic nitrogens is 3. The van der Waals surface area contributed by atoms with E-state index in [1.54, 1.807) is 23.1 Å². The Hall–Kier alpha value is -1.71. The topological polar surface area (TPSA) is 87.7 Å². The van der Waals surface area contributed by atoms with Crippen LogP contribution in [-0.2, 0) is 24.1 Å². The Labute approximate surface area is 162 Å². The van der Waals surface area contributed by atoms with Gasteiger partial charge in [0.1, 0.15) is 10.7 Å². The molecule has 6 nitrogen and oxygen atoms in total. The van der Waals surface area contributed by atoms with Gasteiger partial charge in [-0.3, -0.25) is 9.59 Å². The molecule has 1 aliphatic carbocycles. The van der Waals surface area contributed by atoms with E-state index in [0.29, 0.717) is 17.4 Å². The lowest BCUT2D eigenvalue weighted by molar-refractivity contribution is -0.116. The van der Waals surface area contributed by atoms with Crippen molar-refractivity contribution in [3.8, 4) is 0 Å². The van der Waals surface area contributed by atoms with Crippen molar-refractivity contribution in [3.63, 3.8) is 0 Å². The number of rotatable bonds is 5. The molecule has 3 aromatic heterocycles. The Morgan fingerprint density at radius 2 is 2.15 bits per heavy atom. The molecule has 0 unspecified atom stereocenters. The molecule has 3 aromatic rings. The number of anilines is 1. The van der Waals surface area contributed by atoms with Crippen LogP contribution in [0.25, 0.3) is 10.2 Å². The smallest absolute Gasteiger partial charge is 0.259 e. The molecule has 2 N–H and O–H groups in total. The molecular formula is C17H18N4O2S3. The third kappa shape index (κ3) is 3.30. The molecule has 0 saturated carbocycles. The molecule has 0 bridgehead atoms. The maximum absolute atomic E-state index is 12.4. The molecule has 26 heavy (non-hydrogen) atoms. The Morgan fingerprint density at radius 1 is 1.31 bits per heavy atom. The fourth-order valence-corrected chi connectivity index (χ4v) is 6.11. The Kier molecular flexibility index (Phi) is 4.85. The zero-order valence-electron chi connectivity index (χ0n) is 14.5. The number of aryl methyl sites for hydroxylation is 4. The van der Waals surface area contributed by atoms with E-state index in [1.807, 2.05) is 13.2 Å². The van der Waals surface area contributed by atoms with Crippen LogP contribution in [0.3, 0.4) is 0 Å². The van der Waals surface area contributed by atoms with Gasteiger partial charge in [0.2, 0.25) is 5.91 Å². The van der Waals surface area contributed by atoms with Gasteiger partial charge in [-0.25, -0.2) is 9.97 Å². The number of carbonyl (C=O) groups excluding carboxylic acids is 1. The molecular weight excluding hydrogens is 388 g/mol. The Balaban J connectivity index is 1.45. The summed E-state index contributed by atoms with van der Waals surface area (Å²) in [5.41, 5.74) is 2.02. The quantitative estimate of drug-likeness (QED) is 0.633. The maximum Gasteiger partial charge on any atom is 0.259 e. The van der Waals surface area contributed by atoms with E-state index in [9.17, 15) is 9.59 Å². The maximum atomic E-state index is 12.4. The number of thiophene rings is 1. The van der Waals surface area contributed by atoms with Crippen LogP contribution >= 0.6 is 34.4 Å². The number of carbonyl (C=O) groups is 1. The molecule has 0 fully saturated rings. The Bertz CT molecular complexity index is 1050. The molecule has 0 saturated heterocycles. The molecule has 0 aromatic carbocycles. The van der Waals surface area contributed by atoms with Crippen molar-refractivity contribution >= 4 is 55.7 Å². The summed E-state index contributed by atoms with van der Waals surface area (Å²) < 4.78 is 1.10. The molecule has 1 amide bonds. The summed E-state index contributed by atoms with van der Waals surface area (Å²) in [4.78, 5) is 38.5. The van der Waals surface area contributed by atoms with Gasteiger partial charge >= 0.3 is 0 Å². The zero-order valence-corrected chi connectivity index (χ0v) is 16.9. The minimum absolute atomic E-state index is 0.0787. The number of amides is 1.